The molecule has 96 valence electrons. The highest BCUT2D eigenvalue weighted by Crippen LogP contribution is 2.13. The van der Waals surface area contributed by atoms with Crippen LogP contribution in [0.5, 0.6) is 0 Å². The van der Waals surface area contributed by atoms with Gasteiger partial charge in [0.15, 0.2) is 9.84 Å². The van der Waals surface area contributed by atoms with E-state index < -0.39 is 9.84 Å². The number of hydrogen-bond acceptors (Lipinski definition) is 4. The second kappa shape index (κ2) is 5.23. The van der Waals surface area contributed by atoms with E-state index >= 15 is 0 Å². The number of furan rings is 1. The molecule has 1 aliphatic rings. The summed E-state index contributed by atoms with van der Waals surface area (Å²) < 4.78 is 28.5. The molecule has 2 rings (SSSR count). The predicted molar refractivity (Wildman–Crippen MR) is 66.6 cm³/mol. The maximum Gasteiger partial charge on any atom is 0.151 e. The summed E-state index contributed by atoms with van der Waals surface area (Å²) >= 11 is 0. The van der Waals surface area contributed by atoms with Gasteiger partial charge in [-0.15, -0.1) is 0 Å². The summed E-state index contributed by atoms with van der Waals surface area (Å²) in [6.45, 7) is 2.66. The summed E-state index contributed by atoms with van der Waals surface area (Å²) in [6, 6.07) is 3.99. The van der Waals surface area contributed by atoms with Crippen molar-refractivity contribution in [1.29, 1.82) is 0 Å². The molecular formula is C12H19NO3S. The lowest BCUT2D eigenvalue weighted by molar-refractivity contribution is 0.417. The molecule has 1 N–H and O–H groups in total. The van der Waals surface area contributed by atoms with E-state index in [0.29, 0.717) is 12.3 Å². The van der Waals surface area contributed by atoms with Gasteiger partial charge in [-0.25, -0.2) is 8.42 Å². The maximum absolute atomic E-state index is 11.5. The highest BCUT2D eigenvalue weighted by molar-refractivity contribution is 7.91. The first-order valence-electron chi connectivity index (χ1n) is 6.10. The Hall–Kier alpha value is -0.810. The third-order valence-electron chi connectivity index (χ3n) is 3.09. The van der Waals surface area contributed by atoms with Gasteiger partial charge in [0.2, 0.25) is 0 Å². The molecule has 1 aromatic rings. The van der Waals surface area contributed by atoms with Gasteiger partial charge in [0.05, 0.1) is 18.1 Å². The lowest BCUT2D eigenvalue weighted by Crippen LogP contribution is -2.39. The van der Waals surface area contributed by atoms with E-state index in [9.17, 15) is 8.42 Å². The zero-order chi connectivity index (χ0) is 12.3. The summed E-state index contributed by atoms with van der Waals surface area (Å²) in [5, 5.41) is 3.26. The summed E-state index contributed by atoms with van der Waals surface area (Å²) in [7, 11) is -2.83. The highest BCUT2D eigenvalue weighted by atomic mass is 32.2. The van der Waals surface area contributed by atoms with Crippen LogP contribution in [0, 0.1) is 0 Å². The van der Waals surface area contributed by atoms with E-state index in [2.05, 4.69) is 5.32 Å². The van der Waals surface area contributed by atoms with Gasteiger partial charge in [-0.2, -0.15) is 0 Å². The van der Waals surface area contributed by atoms with Gasteiger partial charge in [-0.1, -0.05) is 6.92 Å². The Morgan fingerprint density at radius 1 is 1.41 bits per heavy atom. The SMILES string of the molecule is CCc1ccc(CNC2CCCS(=O)(=O)C2)o1. The molecule has 0 radical (unpaired) electrons. The molecule has 2 heterocycles. The standard InChI is InChI=1S/C12H19NO3S/c1-2-11-5-6-12(16-11)8-13-10-4-3-7-17(14,15)9-10/h5-6,10,13H,2-4,7-9H2,1H3. The second-order valence-electron chi connectivity index (χ2n) is 4.56. The van der Waals surface area contributed by atoms with E-state index in [1.807, 2.05) is 19.1 Å². The lowest BCUT2D eigenvalue weighted by atomic mass is 10.2. The Morgan fingerprint density at radius 3 is 2.82 bits per heavy atom. The van der Waals surface area contributed by atoms with E-state index in [-0.39, 0.29) is 11.8 Å². The van der Waals surface area contributed by atoms with Gasteiger partial charge in [-0.05, 0) is 25.0 Å². The third-order valence-corrected chi connectivity index (χ3v) is 4.91. The zero-order valence-electron chi connectivity index (χ0n) is 10.1. The molecule has 1 unspecified atom stereocenters. The van der Waals surface area contributed by atoms with Crippen LogP contribution in [0.25, 0.3) is 0 Å². The molecule has 1 fully saturated rings. The van der Waals surface area contributed by atoms with Crippen molar-refractivity contribution in [2.45, 2.75) is 38.8 Å². The molecule has 0 saturated carbocycles. The molecule has 0 spiro atoms. The van der Waals surface area contributed by atoms with Crippen molar-refractivity contribution >= 4 is 9.84 Å². The van der Waals surface area contributed by atoms with Crippen LogP contribution >= 0.6 is 0 Å². The average molecular weight is 257 g/mol. The molecule has 1 atom stereocenters. The van der Waals surface area contributed by atoms with Crippen molar-refractivity contribution < 1.29 is 12.8 Å². The van der Waals surface area contributed by atoms with Crippen molar-refractivity contribution in [3.05, 3.63) is 23.7 Å². The fourth-order valence-electron chi connectivity index (χ4n) is 2.14. The van der Waals surface area contributed by atoms with Crippen molar-refractivity contribution in [3.8, 4) is 0 Å². The molecule has 1 saturated heterocycles. The minimum atomic E-state index is -2.83. The first-order valence-corrected chi connectivity index (χ1v) is 7.92. The van der Waals surface area contributed by atoms with Crippen LogP contribution in [0.3, 0.4) is 0 Å². The van der Waals surface area contributed by atoms with E-state index in [0.717, 1.165) is 30.8 Å². The fourth-order valence-corrected chi connectivity index (χ4v) is 3.81. The Bertz CT molecular complexity index is 464. The first-order chi connectivity index (χ1) is 8.09. The smallest absolute Gasteiger partial charge is 0.151 e. The van der Waals surface area contributed by atoms with Crippen LogP contribution in [0.4, 0.5) is 0 Å². The van der Waals surface area contributed by atoms with Crippen molar-refractivity contribution in [1.82, 2.24) is 5.32 Å². The van der Waals surface area contributed by atoms with Crippen molar-refractivity contribution in [2.75, 3.05) is 11.5 Å². The third kappa shape index (κ3) is 3.57. The van der Waals surface area contributed by atoms with Gasteiger partial charge < -0.3 is 9.73 Å². The van der Waals surface area contributed by atoms with Gasteiger partial charge in [-0.3, -0.25) is 0 Å². The maximum atomic E-state index is 11.5. The summed E-state index contributed by atoms with van der Waals surface area (Å²) in [5.41, 5.74) is 0. The van der Waals surface area contributed by atoms with Crippen LogP contribution in [0.15, 0.2) is 16.5 Å². The molecule has 4 nitrogen and oxygen atoms in total. The Kier molecular flexibility index (Phi) is 3.89. The number of nitrogens with one attached hydrogen (secondary N) is 1. The molecule has 17 heavy (non-hydrogen) atoms. The van der Waals surface area contributed by atoms with E-state index in [1.165, 1.54) is 0 Å². The first kappa shape index (κ1) is 12.6. The Labute approximate surface area is 102 Å². The van der Waals surface area contributed by atoms with Gasteiger partial charge in [0, 0.05) is 12.5 Å². The van der Waals surface area contributed by atoms with E-state index in [4.69, 9.17) is 4.42 Å². The number of rotatable bonds is 4. The van der Waals surface area contributed by atoms with Crippen LogP contribution in [-0.2, 0) is 22.8 Å². The predicted octanol–water partition coefficient (Wildman–Crippen LogP) is 1.51. The van der Waals surface area contributed by atoms with Crippen molar-refractivity contribution in [3.63, 3.8) is 0 Å². The highest BCUT2D eigenvalue weighted by Gasteiger charge is 2.24. The van der Waals surface area contributed by atoms with Crippen LogP contribution < -0.4 is 5.32 Å². The average Bonchev–Trinajstić information content (AvgIpc) is 2.73. The Balaban J connectivity index is 1.85. The fraction of sp³-hybridized carbons (Fsp3) is 0.667. The quantitative estimate of drug-likeness (QED) is 0.888. The monoisotopic (exact) mass is 257 g/mol. The van der Waals surface area contributed by atoms with Crippen LogP contribution in [0.2, 0.25) is 0 Å². The zero-order valence-corrected chi connectivity index (χ0v) is 10.9. The minimum absolute atomic E-state index is 0.0731. The minimum Gasteiger partial charge on any atom is -0.465 e. The normalized spacial score (nSPS) is 23.7. The summed E-state index contributed by atoms with van der Waals surface area (Å²) in [4.78, 5) is 0. The molecule has 0 bridgehead atoms. The van der Waals surface area contributed by atoms with Gasteiger partial charge in [0.25, 0.3) is 0 Å². The van der Waals surface area contributed by atoms with Crippen LogP contribution in [0.1, 0.15) is 31.3 Å². The molecule has 0 amide bonds. The number of sulfone groups is 1. The van der Waals surface area contributed by atoms with E-state index in [1.54, 1.807) is 0 Å². The summed E-state index contributed by atoms with van der Waals surface area (Å²) in [5.74, 6) is 2.45. The molecule has 1 aliphatic heterocycles. The van der Waals surface area contributed by atoms with Crippen molar-refractivity contribution in [2.24, 2.45) is 0 Å². The largest absolute Gasteiger partial charge is 0.465 e. The molecule has 5 heteroatoms. The lowest BCUT2D eigenvalue weighted by Gasteiger charge is -2.22. The molecule has 0 aliphatic carbocycles. The topological polar surface area (TPSA) is 59.3 Å². The second-order valence-corrected chi connectivity index (χ2v) is 6.78. The Morgan fingerprint density at radius 2 is 2.18 bits per heavy atom. The number of hydrogen-bond donors (Lipinski definition) is 1. The summed E-state index contributed by atoms with van der Waals surface area (Å²) in [6.07, 6.45) is 2.58. The molecule has 1 aromatic heterocycles. The van der Waals surface area contributed by atoms with Crippen LogP contribution in [-0.4, -0.2) is 26.0 Å². The molecule has 0 aromatic carbocycles. The number of aryl methyl sites for hydroxylation is 1. The van der Waals surface area contributed by atoms with Gasteiger partial charge in [0.1, 0.15) is 11.5 Å². The molecular weight excluding hydrogens is 238 g/mol. The van der Waals surface area contributed by atoms with Gasteiger partial charge >= 0.3 is 0 Å².